The maximum Gasteiger partial charge on any atom is 0.264 e. The molecular formula is C26H26ClN3O5S. The van der Waals surface area contributed by atoms with Crippen LogP contribution in [0.3, 0.4) is 0 Å². The molecule has 1 saturated heterocycles. The van der Waals surface area contributed by atoms with Gasteiger partial charge in [0, 0.05) is 30.8 Å². The number of carbonyl (C=O) groups is 2. The van der Waals surface area contributed by atoms with Crippen LogP contribution in [-0.4, -0.2) is 46.5 Å². The van der Waals surface area contributed by atoms with E-state index in [2.05, 4.69) is 10.6 Å². The van der Waals surface area contributed by atoms with Crippen molar-refractivity contribution >= 4 is 44.8 Å². The number of amides is 2. The van der Waals surface area contributed by atoms with Gasteiger partial charge in [-0.05, 0) is 73.5 Å². The minimum Gasteiger partial charge on any atom is -0.376 e. The van der Waals surface area contributed by atoms with E-state index in [-0.39, 0.29) is 16.9 Å². The molecule has 10 heteroatoms. The molecule has 0 radical (unpaired) electrons. The number of hydrogen-bond acceptors (Lipinski definition) is 5. The van der Waals surface area contributed by atoms with Crippen LogP contribution in [0, 0.1) is 0 Å². The van der Waals surface area contributed by atoms with Gasteiger partial charge >= 0.3 is 0 Å². The molecule has 0 bridgehead atoms. The highest BCUT2D eigenvalue weighted by atomic mass is 35.5. The van der Waals surface area contributed by atoms with Crippen molar-refractivity contribution in [3.63, 3.8) is 0 Å². The second-order valence-electron chi connectivity index (χ2n) is 8.32. The molecule has 2 amide bonds. The lowest BCUT2D eigenvalue weighted by atomic mass is 10.1. The fourth-order valence-corrected chi connectivity index (χ4v) is 5.14. The number of anilines is 2. The van der Waals surface area contributed by atoms with Gasteiger partial charge in [0.05, 0.1) is 27.9 Å². The maximum atomic E-state index is 12.9. The lowest BCUT2D eigenvalue weighted by Gasteiger charge is -2.20. The van der Waals surface area contributed by atoms with E-state index in [1.54, 1.807) is 36.4 Å². The number of nitrogens with one attached hydrogen (secondary N) is 2. The van der Waals surface area contributed by atoms with Crippen molar-refractivity contribution in [3.8, 4) is 0 Å². The van der Waals surface area contributed by atoms with Gasteiger partial charge in [-0.1, -0.05) is 23.7 Å². The molecule has 0 aliphatic carbocycles. The molecule has 0 saturated carbocycles. The number of nitrogens with zero attached hydrogens (tertiary/aromatic N) is 1. The van der Waals surface area contributed by atoms with Crippen LogP contribution in [-0.2, 0) is 14.8 Å². The molecule has 3 aromatic rings. The number of carbonyl (C=O) groups excluding carboxylic acids is 2. The Kier molecular flexibility index (Phi) is 7.93. The molecule has 1 fully saturated rings. The number of rotatable bonds is 8. The summed E-state index contributed by atoms with van der Waals surface area (Å²) < 4.78 is 32.5. The molecule has 1 atom stereocenters. The second-order valence-corrected chi connectivity index (χ2v) is 10.7. The summed E-state index contributed by atoms with van der Waals surface area (Å²) in [5, 5.41) is 6.07. The van der Waals surface area contributed by atoms with Gasteiger partial charge in [-0.3, -0.25) is 13.9 Å². The second kappa shape index (κ2) is 11.1. The van der Waals surface area contributed by atoms with Gasteiger partial charge < -0.3 is 15.4 Å². The Bertz CT molecular complexity index is 1340. The molecule has 36 heavy (non-hydrogen) atoms. The number of benzene rings is 3. The normalized spacial score (nSPS) is 15.3. The molecular weight excluding hydrogens is 502 g/mol. The van der Waals surface area contributed by atoms with Crippen LogP contribution >= 0.6 is 11.6 Å². The lowest BCUT2D eigenvalue weighted by Crippen LogP contribution is -2.32. The zero-order chi connectivity index (χ0) is 25.7. The van der Waals surface area contributed by atoms with Crippen molar-refractivity contribution in [2.24, 2.45) is 0 Å². The van der Waals surface area contributed by atoms with Gasteiger partial charge in [-0.15, -0.1) is 0 Å². The van der Waals surface area contributed by atoms with Crippen LogP contribution in [0.2, 0.25) is 5.02 Å². The van der Waals surface area contributed by atoms with E-state index in [1.807, 2.05) is 0 Å². The largest absolute Gasteiger partial charge is 0.376 e. The average Bonchev–Trinajstić information content (AvgIpc) is 3.41. The molecule has 8 nitrogen and oxygen atoms in total. The third-order valence-electron chi connectivity index (χ3n) is 5.90. The minimum atomic E-state index is -3.80. The molecule has 2 N–H and O–H groups in total. The van der Waals surface area contributed by atoms with Crippen LogP contribution in [0.5, 0.6) is 0 Å². The van der Waals surface area contributed by atoms with Gasteiger partial charge in [-0.25, -0.2) is 8.42 Å². The number of ether oxygens (including phenoxy) is 1. The predicted molar refractivity (Wildman–Crippen MR) is 139 cm³/mol. The Morgan fingerprint density at radius 2 is 1.69 bits per heavy atom. The van der Waals surface area contributed by atoms with E-state index in [4.69, 9.17) is 16.3 Å². The number of hydrogen-bond donors (Lipinski definition) is 2. The van der Waals surface area contributed by atoms with Gasteiger partial charge in [0.2, 0.25) is 0 Å². The van der Waals surface area contributed by atoms with Gasteiger partial charge in [0.25, 0.3) is 21.8 Å². The highest BCUT2D eigenvalue weighted by Crippen LogP contribution is 2.24. The maximum absolute atomic E-state index is 12.9. The Morgan fingerprint density at radius 3 is 2.36 bits per heavy atom. The number of sulfonamides is 1. The molecule has 3 aromatic carbocycles. The average molecular weight is 528 g/mol. The van der Waals surface area contributed by atoms with E-state index in [0.29, 0.717) is 40.7 Å². The van der Waals surface area contributed by atoms with Crippen LogP contribution in [0.1, 0.15) is 33.6 Å². The summed E-state index contributed by atoms with van der Waals surface area (Å²) in [6.45, 7) is 1.11. The van der Waals surface area contributed by atoms with E-state index in [9.17, 15) is 18.0 Å². The third kappa shape index (κ3) is 5.87. The first-order chi connectivity index (χ1) is 17.3. The fourth-order valence-electron chi connectivity index (χ4n) is 3.82. The quantitative estimate of drug-likeness (QED) is 0.454. The van der Waals surface area contributed by atoms with Crippen LogP contribution in [0.15, 0.2) is 77.7 Å². The van der Waals surface area contributed by atoms with Crippen molar-refractivity contribution in [3.05, 3.63) is 88.9 Å². The summed E-state index contributed by atoms with van der Waals surface area (Å²) in [5.74, 6) is -0.727. The first kappa shape index (κ1) is 25.7. The molecule has 1 aliphatic rings. The number of para-hydroxylation sites is 1. The van der Waals surface area contributed by atoms with Gasteiger partial charge in [-0.2, -0.15) is 0 Å². The highest BCUT2D eigenvalue weighted by Gasteiger charge is 2.22. The SMILES string of the molecule is CN(c1ccc(C(=O)Nc2ccccc2C(=O)NC[C@@H]2CCCO2)cc1)S(=O)(=O)c1ccc(Cl)cc1. The summed E-state index contributed by atoms with van der Waals surface area (Å²) in [7, 11) is -2.36. The Morgan fingerprint density at radius 1 is 1.00 bits per heavy atom. The molecule has 0 aromatic heterocycles. The van der Waals surface area contributed by atoms with Crippen molar-refractivity contribution in [1.29, 1.82) is 0 Å². The Balaban J connectivity index is 1.44. The minimum absolute atomic E-state index is 0.0101. The summed E-state index contributed by atoms with van der Waals surface area (Å²) in [6.07, 6.45) is 1.90. The molecule has 1 aliphatic heterocycles. The summed E-state index contributed by atoms with van der Waals surface area (Å²) in [6, 6.07) is 18.8. The van der Waals surface area contributed by atoms with Crippen LogP contribution in [0.25, 0.3) is 0 Å². The fraction of sp³-hybridized carbons (Fsp3) is 0.231. The first-order valence-electron chi connectivity index (χ1n) is 11.4. The molecule has 0 spiro atoms. The Labute approximate surface area is 215 Å². The van der Waals surface area contributed by atoms with Crippen LogP contribution < -0.4 is 14.9 Å². The molecule has 4 rings (SSSR count). The predicted octanol–water partition coefficient (Wildman–Crippen LogP) is 4.33. The first-order valence-corrected chi connectivity index (χ1v) is 13.2. The molecule has 0 unspecified atom stereocenters. The van der Waals surface area contributed by atoms with E-state index in [0.717, 1.165) is 17.1 Å². The smallest absolute Gasteiger partial charge is 0.264 e. The van der Waals surface area contributed by atoms with Crippen molar-refractivity contribution < 1.29 is 22.7 Å². The zero-order valence-corrected chi connectivity index (χ0v) is 21.2. The molecule has 1 heterocycles. The van der Waals surface area contributed by atoms with E-state index >= 15 is 0 Å². The summed E-state index contributed by atoms with van der Waals surface area (Å²) in [5.41, 5.74) is 1.41. The van der Waals surface area contributed by atoms with E-state index in [1.165, 1.54) is 43.4 Å². The van der Waals surface area contributed by atoms with Crippen LogP contribution in [0.4, 0.5) is 11.4 Å². The summed E-state index contributed by atoms with van der Waals surface area (Å²) in [4.78, 5) is 25.7. The molecule has 188 valence electrons. The van der Waals surface area contributed by atoms with E-state index < -0.39 is 15.9 Å². The monoisotopic (exact) mass is 527 g/mol. The lowest BCUT2D eigenvalue weighted by molar-refractivity contribution is 0.0858. The van der Waals surface area contributed by atoms with Gasteiger partial charge in [0.1, 0.15) is 0 Å². The number of halogens is 1. The Hall–Kier alpha value is -3.40. The third-order valence-corrected chi connectivity index (χ3v) is 7.95. The van der Waals surface area contributed by atoms with Crippen molar-refractivity contribution in [2.75, 3.05) is 29.8 Å². The standard InChI is InChI=1S/C26H26ClN3O5S/c1-30(36(33,34)22-14-10-19(27)11-15-22)20-12-8-18(9-13-20)25(31)29-24-7-3-2-6-23(24)26(32)28-17-21-5-4-16-35-21/h2-3,6-15,21H,4-5,16-17H2,1H3,(H,28,32)(H,29,31)/t21-/m0/s1. The zero-order valence-electron chi connectivity index (χ0n) is 19.6. The summed E-state index contributed by atoms with van der Waals surface area (Å²) >= 11 is 5.86. The van der Waals surface area contributed by atoms with Gasteiger partial charge in [0.15, 0.2) is 0 Å². The topological polar surface area (TPSA) is 105 Å². The highest BCUT2D eigenvalue weighted by molar-refractivity contribution is 7.92. The van der Waals surface area contributed by atoms with Crippen molar-refractivity contribution in [1.82, 2.24) is 5.32 Å². The van der Waals surface area contributed by atoms with Crippen molar-refractivity contribution in [2.45, 2.75) is 23.8 Å².